The monoisotopic (exact) mass is 394 g/mol. The molecular formula is C15H17F3N2O5S. The minimum absolute atomic E-state index is 0.0446. The summed E-state index contributed by atoms with van der Waals surface area (Å²) in [6.45, 7) is 0.933. The number of sulfonamides is 1. The normalized spacial score (nSPS) is 19.8. The van der Waals surface area contributed by atoms with Crippen molar-refractivity contribution < 1.29 is 35.6 Å². The summed E-state index contributed by atoms with van der Waals surface area (Å²) in [4.78, 5) is 0. The number of hydrogen-bond acceptors (Lipinski definition) is 6. The van der Waals surface area contributed by atoms with Gasteiger partial charge in [0.15, 0.2) is 11.4 Å². The second-order valence-corrected chi connectivity index (χ2v) is 7.79. The van der Waals surface area contributed by atoms with Gasteiger partial charge in [-0.1, -0.05) is 5.16 Å². The SMILES string of the molecule is COC(CS(=O)(=O)Nc1noc2ccc(C(F)(F)F)cc12)C1CCOC1. The first-order chi connectivity index (χ1) is 12.2. The number of nitrogens with one attached hydrogen (secondary N) is 1. The number of ether oxygens (including phenoxy) is 2. The first-order valence-corrected chi connectivity index (χ1v) is 9.42. The Kier molecular flexibility index (Phi) is 5.13. The van der Waals surface area contributed by atoms with Crippen LogP contribution >= 0.6 is 0 Å². The van der Waals surface area contributed by atoms with Gasteiger partial charge < -0.3 is 14.0 Å². The van der Waals surface area contributed by atoms with Gasteiger partial charge in [-0.2, -0.15) is 13.2 Å². The second kappa shape index (κ2) is 7.05. The van der Waals surface area contributed by atoms with Crippen LogP contribution in [0, 0.1) is 5.92 Å². The van der Waals surface area contributed by atoms with Crippen LogP contribution in [0.15, 0.2) is 22.7 Å². The maximum absolute atomic E-state index is 12.9. The molecule has 1 aliphatic rings. The van der Waals surface area contributed by atoms with Gasteiger partial charge in [-0.3, -0.25) is 4.72 Å². The van der Waals surface area contributed by atoms with Crippen LogP contribution in [0.3, 0.4) is 0 Å². The Hall–Kier alpha value is -1.85. The summed E-state index contributed by atoms with van der Waals surface area (Å²) >= 11 is 0. The predicted molar refractivity (Wildman–Crippen MR) is 86.1 cm³/mol. The topological polar surface area (TPSA) is 90.7 Å². The molecule has 0 aliphatic carbocycles. The van der Waals surface area contributed by atoms with E-state index in [4.69, 9.17) is 14.0 Å². The molecule has 144 valence electrons. The zero-order valence-corrected chi connectivity index (χ0v) is 14.6. The van der Waals surface area contributed by atoms with Gasteiger partial charge in [0.2, 0.25) is 10.0 Å². The molecule has 11 heteroatoms. The number of halogens is 3. The zero-order valence-electron chi connectivity index (χ0n) is 13.7. The fourth-order valence-electron chi connectivity index (χ4n) is 2.84. The van der Waals surface area contributed by atoms with Crippen molar-refractivity contribution in [2.45, 2.75) is 18.7 Å². The molecule has 1 aromatic carbocycles. The fraction of sp³-hybridized carbons (Fsp3) is 0.533. The number of aromatic nitrogens is 1. The number of methoxy groups -OCH3 is 1. The quantitative estimate of drug-likeness (QED) is 0.810. The van der Waals surface area contributed by atoms with E-state index in [2.05, 4.69) is 9.88 Å². The third-order valence-electron chi connectivity index (χ3n) is 4.23. The van der Waals surface area contributed by atoms with E-state index >= 15 is 0 Å². The lowest BCUT2D eigenvalue weighted by Crippen LogP contribution is -2.34. The summed E-state index contributed by atoms with van der Waals surface area (Å²) in [6.07, 6.45) is -4.49. The van der Waals surface area contributed by atoms with Gasteiger partial charge in [-0.05, 0) is 24.6 Å². The van der Waals surface area contributed by atoms with E-state index in [1.165, 1.54) is 7.11 Å². The van der Waals surface area contributed by atoms with Gasteiger partial charge >= 0.3 is 6.18 Å². The standard InChI is InChI=1S/C15H17F3N2O5S/c1-23-13(9-4-5-24-7-9)8-26(21,22)20-14-11-6-10(15(16,17)18)2-3-12(11)25-19-14/h2-3,6,9,13H,4-5,7-8H2,1H3,(H,19,20). The van der Waals surface area contributed by atoms with Crippen LogP contribution in [-0.4, -0.2) is 45.8 Å². The lowest BCUT2D eigenvalue weighted by Gasteiger charge is -2.20. The summed E-state index contributed by atoms with van der Waals surface area (Å²) in [5, 5.41) is 3.47. The Balaban J connectivity index is 1.82. The third kappa shape index (κ3) is 4.10. The predicted octanol–water partition coefficient (Wildman–Crippen LogP) is 2.64. The van der Waals surface area contributed by atoms with Crippen LogP contribution in [0.1, 0.15) is 12.0 Å². The molecular weight excluding hydrogens is 377 g/mol. The molecule has 0 bridgehead atoms. The first kappa shape index (κ1) is 18.9. The number of anilines is 1. The van der Waals surface area contributed by atoms with Crippen LogP contribution in [0.2, 0.25) is 0 Å². The van der Waals surface area contributed by atoms with Crippen LogP contribution < -0.4 is 4.72 Å². The molecule has 26 heavy (non-hydrogen) atoms. The highest BCUT2D eigenvalue weighted by Gasteiger charge is 2.33. The summed E-state index contributed by atoms with van der Waals surface area (Å²) in [7, 11) is -2.52. The van der Waals surface area contributed by atoms with E-state index in [1.54, 1.807) is 0 Å². The summed E-state index contributed by atoms with van der Waals surface area (Å²) in [5.41, 5.74) is -0.880. The van der Waals surface area contributed by atoms with E-state index in [9.17, 15) is 21.6 Å². The van der Waals surface area contributed by atoms with Crippen LogP contribution in [0.5, 0.6) is 0 Å². The molecule has 1 saturated heterocycles. The third-order valence-corrected chi connectivity index (χ3v) is 5.50. The Labute approximate surface area is 147 Å². The fourth-order valence-corrected chi connectivity index (χ4v) is 4.20. The van der Waals surface area contributed by atoms with Gasteiger partial charge in [-0.15, -0.1) is 0 Å². The molecule has 1 N–H and O–H groups in total. The molecule has 2 unspecified atom stereocenters. The molecule has 2 aromatic rings. The Morgan fingerprint density at radius 1 is 1.42 bits per heavy atom. The molecule has 2 atom stereocenters. The van der Waals surface area contributed by atoms with Gasteiger partial charge in [0.25, 0.3) is 0 Å². The molecule has 2 heterocycles. The zero-order chi connectivity index (χ0) is 18.9. The van der Waals surface area contributed by atoms with Gasteiger partial charge in [0, 0.05) is 19.6 Å². The van der Waals surface area contributed by atoms with Gasteiger partial charge in [0.05, 0.1) is 29.4 Å². The van der Waals surface area contributed by atoms with Crippen LogP contribution in [0.4, 0.5) is 19.0 Å². The maximum Gasteiger partial charge on any atom is 0.416 e. The maximum atomic E-state index is 12.9. The highest BCUT2D eigenvalue weighted by atomic mass is 32.2. The van der Waals surface area contributed by atoms with Crippen LogP contribution in [0.25, 0.3) is 11.0 Å². The number of fused-ring (bicyclic) bond motifs is 1. The van der Waals surface area contributed by atoms with Crippen molar-refractivity contribution in [3.63, 3.8) is 0 Å². The van der Waals surface area contributed by atoms with Crippen molar-refractivity contribution in [3.05, 3.63) is 23.8 Å². The number of alkyl halides is 3. The number of nitrogens with zero attached hydrogens (tertiary/aromatic N) is 1. The largest absolute Gasteiger partial charge is 0.416 e. The van der Waals surface area contributed by atoms with Crippen molar-refractivity contribution in [2.24, 2.45) is 5.92 Å². The van der Waals surface area contributed by atoms with Gasteiger partial charge in [-0.25, -0.2) is 8.42 Å². The smallest absolute Gasteiger partial charge is 0.381 e. The number of hydrogen-bond donors (Lipinski definition) is 1. The lowest BCUT2D eigenvalue weighted by molar-refractivity contribution is -0.137. The minimum atomic E-state index is -4.56. The molecule has 0 amide bonds. The average Bonchev–Trinajstić information content (AvgIpc) is 3.21. The van der Waals surface area contributed by atoms with E-state index < -0.39 is 27.9 Å². The average molecular weight is 394 g/mol. The van der Waals surface area contributed by atoms with Crippen molar-refractivity contribution in [1.82, 2.24) is 5.16 Å². The minimum Gasteiger partial charge on any atom is -0.381 e. The molecule has 3 rings (SSSR count). The number of rotatable bonds is 6. The van der Waals surface area contributed by atoms with E-state index in [0.717, 1.165) is 18.2 Å². The molecule has 0 spiro atoms. The molecule has 7 nitrogen and oxygen atoms in total. The molecule has 1 aromatic heterocycles. The Morgan fingerprint density at radius 2 is 2.19 bits per heavy atom. The van der Waals surface area contributed by atoms with E-state index in [0.29, 0.717) is 19.6 Å². The van der Waals surface area contributed by atoms with Crippen molar-refractivity contribution in [3.8, 4) is 0 Å². The molecule has 1 fully saturated rings. The number of benzene rings is 1. The second-order valence-electron chi connectivity index (χ2n) is 6.02. The first-order valence-electron chi connectivity index (χ1n) is 7.77. The molecule has 1 aliphatic heterocycles. The van der Waals surface area contributed by atoms with E-state index in [-0.39, 0.29) is 28.5 Å². The summed E-state index contributed by atoms with van der Waals surface area (Å²) < 4.78 is 81.0. The van der Waals surface area contributed by atoms with Crippen molar-refractivity contribution in [1.29, 1.82) is 0 Å². The van der Waals surface area contributed by atoms with Gasteiger partial charge in [0.1, 0.15) is 0 Å². The lowest BCUT2D eigenvalue weighted by atomic mass is 10.0. The Morgan fingerprint density at radius 3 is 2.81 bits per heavy atom. The van der Waals surface area contributed by atoms with Crippen molar-refractivity contribution >= 4 is 26.8 Å². The van der Waals surface area contributed by atoms with E-state index in [1.807, 2.05) is 0 Å². The molecule has 0 saturated carbocycles. The summed E-state index contributed by atoms with van der Waals surface area (Å²) in [5.74, 6) is -0.726. The van der Waals surface area contributed by atoms with Crippen molar-refractivity contribution in [2.75, 3.05) is 30.8 Å². The summed E-state index contributed by atoms with van der Waals surface area (Å²) in [6, 6.07) is 2.73. The van der Waals surface area contributed by atoms with Crippen LogP contribution in [-0.2, 0) is 25.7 Å². The highest BCUT2D eigenvalue weighted by molar-refractivity contribution is 7.92. The Bertz CT molecular complexity index is 875. The highest BCUT2D eigenvalue weighted by Crippen LogP contribution is 2.34. The molecule has 0 radical (unpaired) electrons.